The molecule has 4 heteroatoms. The summed E-state index contributed by atoms with van der Waals surface area (Å²) in [5.74, 6) is 0.0259. The van der Waals surface area contributed by atoms with Crippen LogP contribution in [0.5, 0.6) is 0 Å². The van der Waals surface area contributed by atoms with Crippen molar-refractivity contribution in [2.24, 2.45) is 0 Å². The van der Waals surface area contributed by atoms with Gasteiger partial charge in [0.25, 0.3) is 0 Å². The third-order valence-electron chi connectivity index (χ3n) is 3.38. The van der Waals surface area contributed by atoms with Crippen molar-refractivity contribution in [3.8, 4) is 0 Å². The molecular formula is C17H21N3O. The molecule has 0 spiro atoms. The Balaban J connectivity index is 2.08. The van der Waals surface area contributed by atoms with Crippen molar-refractivity contribution in [2.45, 2.75) is 33.7 Å². The Morgan fingerprint density at radius 3 is 2.57 bits per heavy atom. The summed E-state index contributed by atoms with van der Waals surface area (Å²) >= 11 is 0. The maximum Gasteiger partial charge on any atom is 0.224 e. The van der Waals surface area contributed by atoms with Crippen LogP contribution in [-0.2, 0) is 11.3 Å². The van der Waals surface area contributed by atoms with Crippen LogP contribution in [-0.4, -0.2) is 10.9 Å². The number of nitrogens with zero attached hydrogens (tertiary/aromatic N) is 1. The number of carbonyl (C=O) groups excluding carboxylic acids is 1. The predicted octanol–water partition coefficient (Wildman–Crippen LogP) is 3.66. The summed E-state index contributed by atoms with van der Waals surface area (Å²) in [5, 5.41) is 6.30. The molecule has 1 aromatic heterocycles. The maximum atomic E-state index is 11.5. The second-order valence-electron chi connectivity index (χ2n) is 5.04. The van der Waals surface area contributed by atoms with Gasteiger partial charge in [0.2, 0.25) is 5.91 Å². The number of hydrogen-bond donors (Lipinski definition) is 2. The fourth-order valence-electron chi connectivity index (χ4n) is 2.00. The van der Waals surface area contributed by atoms with Crippen LogP contribution in [0.2, 0.25) is 0 Å². The van der Waals surface area contributed by atoms with E-state index in [1.165, 1.54) is 0 Å². The lowest BCUT2D eigenvalue weighted by Gasteiger charge is -2.14. The number of hydrogen-bond acceptors (Lipinski definition) is 3. The van der Waals surface area contributed by atoms with Gasteiger partial charge < -0.3 is 10.6 Å². The van der Waals surface area contributed by atoms with Crippen molar-refractivity contribution in [1.82, 2.24) is 4.98 Å². The third-order valence-corrected chi connectivity index (χ3v) is 3.38. The summed E-state index contributed by atoms with van der Waals surface area (Å²) in [6.45, 7) is 6.53. The Kier molecular flexibility index (Phi) is 4.93. The van der Waals surface area contributed by atoms with Gasteiger partial charge in [-0.25, -0.2) is 0 Å². The zero-order valence-electron chi connectivity index (χ0n) is 12.7. The van der Waals surface area contributed by atoms with Crippen LogP contribution < -0.4 is 10.6 Å². The number of aromatic nitrogens is 1. The number of nitrogens with one attached hydrogen (secondary N) is 2. The minimum absolute atomic E-state index is 0.0259. The Morgan fingerprint density at radius 1 is 1.14 bits per heavy atom. The van der Waals surface area contributed by atoms with Crippen molar-refractivity contribution in [3.05, 3.63) is 53.3 Å². The van der Waals surface area contributed by atoms with E-state index in [1.807, 2.05) is 51.2 Å². The number of benzene rings is 1. The van der Waals surface area contributed by atoms with Crippen molar-refractivity contribution in [1.29, 1.82) is 0 Å². The summed E-state index contributed by atoms with van der Waals surface area (Å²) in [7, 11) is 0. The zero-order valence-corrected chi connectivity index (χ0v) is 12.7. The van der Waals surface area contributed by atoms with E-state index in [9.17, 15) is 4.79 Å². The van der Waals surface area contributed by atoms with Gasteiger partial charge in [0.1, 0.15) is 0 Å². The number of rotatable bonds is 5. The molecule has 4 nitrogen and oxygen atoms in total. The first-order chi connectivity index (χ1) is 10.1. The standard InChI is InChI=1S/C17H21N3O/c1-4-17(21)20-16-7-5-6-15(13(16)3)19-11-14-9-8-12(2)18-10-14/h5-10,19H,4,11H2,1-3H3,(H,20,21). The average Bonchev–Trinajstić information content (AvgIpc) is 2.49. The van der Waals surface area contributed by atoms with Crippen molar-refractivity contribution >= 4 is 17.3 Å². The largest absolute Gasteiger partial charge is 0.381 e. The molecule has 1 heterocycles. The maximum absolute atomic E-state index is 11.5. The van der Waals surface area contributed by atoms with E-state index in [2.05, 4.69) is 21.7 Å². The molecule has 2 N–H and O–H groups in total. The van der Waals surface area contributed by atoms with Gasteiger partial charge in [-0.15, -0.1) is 0 Å². The molecule has 110 valence electrons. The van der Waals surface area contributed by atoms with Crippen LogP contribution in [0.15, 0.2) is 36.5 Å². The Labute approximate surface area is 125 Å². The Bertz CT molecular complexity index is 620. The fraction of sp³-hybridized carbons (Fsp3) is 0.294. The molecule has 0 unspecified atom stereocenters. The molecule has 0 fully saturated rings. The van der Waals surface area contributed by atoms with Crippen LogP contribution in [0.3, 0.4) is 0 Å². The number of pyridine rings is 1. The zero-order chi connectivity index (χ0) is 15.2. The van der Waals surface area contributed by atoms with Gasteiger partial charge in [-0.2, -0.15) is 0 Å². The Hall–Kier alpha value is -2.36. The molecular weight excluding hydrogens is 262 g/mol. The molecule has 0 saturated heterocycles. The van der Waals surface area contributed by atoms with Gasteiger partial charge >= 0.3 is 0 Å². The van der Waals surface area contributed by atoms with Crippen molar-refractivity contribution < 1.29 is 4.79 Å². The average molecular weight is 283 g/mol. The van der Waals surface area contributed by atoms with Crippen molar-refractivity contribution in [3.63, 3.8) is 0 Å². The van der Waals surface area contributed by atoms with Crippen LogP contribution in [0, 0.1) is 13.8 Å². The third kappa shape index (κ3) is 4.05. The molecule has 0 bridgehead atoms. The number of amides is 1. The molecule has 0 aliphatic carbocycles. The van der Waals surface area contributed by atoms with Crippen molar-refractivity contribution in [2.75, 3.05) is 10.6 Å². The first-order valence-electron chi connectivity index (χ1n) is 7.15. The van der Waals surface area contributed by atoms with Crippen LogP contribution in [0.1, 0.15) is 30.2 Å². The lowest BCUT2D eigenvalue weighted by molar-refractivity contribution is -0.115. The van der Waals surface area contributed by atoms with Gasteiger partial charge in [-0.3, -0.25) is 9.78 Å². The summed E-state index contributed by atoms with van der Waals surface area (Å²) in [6.07, 6.45) is 2.35. The monoisotopic (exact) mass is 283 g/mol. The molecule has 1 aromatic carbocycles. The quantitative estimate of drug-likeness (QED) is 0.880. The minimum Gasteiger partial charge on any atom is -0.381 e. The number of carbonyl (C=O) groups is 1. The van der Waals surface area contributed by atoms with E-state index >= 15 is 0 Å². The highest BCUT2D eigenvalue weighted by Gasteiger charge is 2.06. The van der Waals surface area contributed by atoms with Gasteiger partial charge in [0.15, 0.2) is 0 Å². The highest BCUT2D eigenvalue weighted by atomic mass is 16.1. The van der Waals surface area contributed by atoms with Gasteiger partial charge in [-0.05, 0) is 43.2 Å². The normalized spacial score (nSPS) is 10.2. The predicted molar refractivity (Wildman–Crippen MR) is 86.4 cm³/mol. The summed E-state index contributed by atoms with van der Waals surface area (Å²) in [4.78, 5) is 15.8. The Morgan fingerprint density at radius 2 is 1.90 bits per heavy atom. The smallest absolute Gasteiger partial charge is 0.224 e. The number of aryl methyl sites for hydroxylation is 1. The summed E-state index contributed by atoms with van der Waals surface area (Å²) < 4.78 is 0. The molecule has 21 heavy (non-hydrogen) atoms. The SMILES string of the molecule is CCC(=O)Nc1cccc(NCc2ccc(C)nc2)c1C. The van der Waals surface area contributed by atoms with E-state index in [0.717, 1.165) is 28.2 Å². The van der Waals surface area contributed by atoms with Gasteiger partial charge in [-0.1, -0.05) is 19.1 Å². The van der Waals surface area contributed by atoms with E-state index in [1.54, 1.807) is 0 Å². The lowest BCUT2D eigenvalue weighted by Crippen LogP contribution is -2.11. The second-order valence-corrected chi connectivity index (χ2v) is 5.04. The molecule has 0 aliphatic rings. The summed E-state index contributed by atoms with van der Waals surface area (Å²) in [6, 6.07) is 9.93. The van der Waals surface area contributed by atoms with E-state index < -0.39 is 0 Å². The van der Waals surface area contributed by atoms with Gasteiger partial charge in [0, 0.05) is 36.2 Å². The highest BCUT2D eigenvalue weighted by Crippen LogP contribution is 2.24. The molecule has 0 radical (unpaired) electrons. The number of anilines is 2. The second kappa shape index (κ2) is 6.88. The molecule has 2 rings (SSSR count). The molecule has 0 atom stereocenters. The van der Waals surface area contributed by atoms with E-state index in [-0.39, 0.29) is 5.91 Å². The van der Waals surface area contributed by atoms with Gasteiger partial charge in [0.05, 0.1) is 0 Å². The molecule has 0 saturated carbocycles. The first-order valence-corrected chi connectivity index (χ1v) is 7.15. The molecule has 1 amide bonds. The van der Waals surface area contributed by atoms with Crippen LogP contribution in [0.25, 0.3) is 0 Å². The van der Waals surface area contributed by atoms with Crippen LogP contribution >= 0.6 is 0 Å². The lowest BCUT2D eigenvalue weighted by atomic mass is 10.1. The van der Waals surface area contributed by atoms with Crippen LogP contribution in [0.4, 0.5) is 11.4 Å². The molecule has 2 aromatic rings. The summed E-state index contributed by atoms with van der Waals surface area (Å²) in [5.41, 5.74) is 5.06. The first kappa shape index (κ1) is 15.0. The minimum atomic E-state index is 0.0259. The molecule has 0 aliphatic heterocycles. The fourth-order valence-corrected chi connectivity index (χ4v) is 2.00. The highest BCUT2D eigenvalue weighted by molar-refractivity contribution is 5.92. The topological polar surface area (TPSA) is 54.0 Å². The van der Waals surface area contributed by atoms with E-state index in [4.69, 9.17) is 0 Å². The van der Waals surface area contributed by atoms with E-state index in [0.29, 0.717) is 13.0 Å².